The van der Waals surface area contributed by atoms with Crippen LogP contribution in [0.4, 0.5) is 5.82 Å². The minimum Gasteiger partial charge on any atom is -0.494 e. The van der Waals surface area contributed by atoms with E-state index in [1.54, 1.807) is 13.2 Å². The average molecular weight is 370 g/mol. The Labute approximate surface area is 159 Å². The number of anilines is 1. The van der Waals surface area contributed by atoms with E-state index in [4.69, 9.17) is 9.47 Å². The molecule has 7 heteroatoms. The minimum atomic E-state index is 0.0515. The Bertz CT molecular complexity index is 726. The van der Waals surface area contributed by atoms with E-state index in [9.17, 15) is 4.79 Å². The molecule has 0 unspecified atom stereocenters. The first-order chi connectivity index (χ1) is 13.2. The summed E-state index contributed by atoms with van der Waals surface area (Å²) in [7, 11) is 1.57. The summed E-state index contributed by atoms with van der Waals surface area (Å²) in [6, 6.07) is 11.1. The molecule has 1 aliphatic rings. The number of carbonyl (C=O) groups excluding carboxylic acids is 1. The standard InChI is InChI=1S/C20H26N4O3/c1-3-4-15-27-17-7-5-16(6-8-17)20(25)24-13-11-23(12-14-24)18-9-10-19(26-2)22-21-18/h5-10H,3-4,11-15H2,1-2H3. The van der Waals surface area contributed by atoms with Gasteiger partial charge in [-0.05, 0) is 36.8 Å². The summed E-state index contributed by atoms with van der Waals surface area (Å²) < 4.78 is 10.7. The van der Waals surface area contributed by atoms with Gasteiger partial charge in [-0.2, -0.15) is 0 Å². The van der Waals surface area contributed by atoms with Crippen molar-refractivity contribution in [1.29, 1.82) is 0 Å². The van der Waals surface area contributed by atoms with E-state index in [-0.39, 0.29) is 5.91 Å². The van der Waals surface area contributed by atoms with Gasteiger partial charge in [0.05, 0.1) is 13.7 Å². The number of hydrogen-bond acceptors (Lipinski definition) is 6. The average Bonchev–Trinajstić information content (AvgIpc) is 2.74. The molecule has 0 bridgehead atoms. The van der Waals surface area contributed by atoms with Crippen LogP contribution in [0, 0.1) is 0 Å². The van der Waals surface area contributed by atoms with Crippen molar-refractivity contribution in [1.82, 2.24) is 15.1 Å². The highest BCUT2D eigenvalue weighted by molar-refractivity contribution is 5.94. The fraction of sp³-hybridized carbons (Fsp3) is 0.450. The molecule has 7 nitrogen and oxygen atoms in total. The first kappa shape index (κ1) is 18.9. The number of hydrogen-bond donors (Lipinski definition) is 0. The lowest BCUT2D eigenvalue weighted by Crippen LogP contribution is -2.49. The lowest BCUT2D eigenvalue weighted by atomic mass is 10.1. The van der Waals surface area contributed by atoms with Crippen molar-refractivity contribution in [3.63, 3.8) is 0 Å². The highest BCUT2D eigenvalue weighted by atomic mass is 16.5. The molecule has 144 valence electrons. The van der Waals surface area contributed by atoms with E-state index >= 15 is 0 Å². The first-order valence-electron chi connectivity index (χ1n) is 9.36. The van der Waals surface area contributed by atoms with Crippen molar-refractivity contribution < 1.29 is 14.3 Å². The topological polar surface area (TPSA) is 67.8 Å². The lowest BCUT2D eigenvalue weighted by molar-refractivity contribution is 0.0746. The van der Waals surface area contributed by atoms with Crippen molar-refractivity contribution in [3.05, 3.63) is 42.0 Å². The van der Waals surface area contributed by atoms with Crippen LogP contribution in [0.15, 0.2) is 36.4 Å². The van der Waals surface area contributed by atoms with Crippen molar-refractivity contribution in [3.8, 4) is 11.6 Å². The number of ether oxygens (including phenoxy) is 2. The number of rotatable bonds is 7. The molecule has 0 spiro atoms. The van der Waals surface area contributed by atoms with Crippen LogP contribution in [0.3, 0.4) is 0 Å². The van der Waals surface area contributed by atoms with Crippen molar-refractivity contribution in [2.75, 3.05) is 44.8 Å². The van der Waals surface area contributed by atoms with Crippen LogP contribution in [0.25, 0.3) is 0 Å². The van der Waals surface area contributed by atoms with Gasteiger partial charge in [0.15, 0.2) is 5.82 Å². The normalized spacial score (nSPS) is 14.1. The van der Waals surface area contributed by atoms with Crippen molar-refractivity contribution >= 4 is 11.7 Å². The fourth-order valence-corrected chi connectivity index (χ4v) is 2.94. The van der Waals surface area contributed by atoms with Gasteiger partial charge in [-0.3, -0.25) is 4.79 Å². The van der Waals surface area contributed by atoms with Gasteiger partial charge in [0.1, 0.15) is 5.75 Å². The summed E-state index contributed by atoms with van der Waals surface area (Å²) in [4.78, 5) is 16.7. The van der Waals surface area contributed by atoms with E-state index in [1.165, 1.54) is 0 Å². The smallest absolute Gasteiger partial charge is 0.253 e. The maximum Gasteiger partial charge on any atom is 0.253 e. The number of amides is 1. The zero-order valence-corrected chi connectivity index (χ0v) is 15.9. The summed E-state index contributed by atoms with van der Waals surface area (Å²) >= 11 is 0. The Kier molecular flexibility index (Phi) is 6.46. The maximum atomic E-state index is 12.7. The van der Waals surface area contributed by atoms with E-state index in [0.29, 0.717) is 31.1 Å². The Balaban J connectivity index is 1.53. The molecule has 2 heterocycles. The summed E-state index contributed by atoms with van der Waals surface area (Å²) in [6.45, 7) is 5.60. The molecule has 3 rings (SSSR count). The zero-order chi connectivity index (χ0) is 19.1. The number of benzene rings is 1. The van der Waals surface area contributed by atoms with Crippen LogP contribution in [-0.4, -0.2) is 60.9 Å². The third kappa shape index (κ3) is 4.87. The summed E-state index contributed by atoms with van der Waals surface area (Å²) in [6.07, 6.45) is 2.13. The van der Waals surface area contributed by atoms with Crippen LogP contribution in [-0.2, 0) is 0 Å². The number of carbonyl (C=O) groups is 1. The molecule has 1 fully saturated rings. The SMILES string of the molecule is CCCCOc1ccc(C(=O)N2CCN(c3ccc(OC)nn3)CC2)cc1. The van der Waals surface area contributed by atoms with Crippen LogP contribution < -0.4 is 14.4 Å². The molecule has 27 heavy (non-hydrogen) atoms. The summed E-state index contributed by atoms with van der Waals surface area (Å²) in [5, 5.41) is 8.18. The van der Waals surface area contributed by atoms with E-state index < -0.39 is 0 Å². The minimum absolute atomic E-state index is 0.0515. The number of piperazine rings is 1. The molecular weight excluding hydrogens is 344 g/mol. The third-order valence-corrected chi connectivity index (χ3v) is 4.59. The Morgan fingerprint density at radius 2 is 1.78 bits per heavy atom. The zero-order valence-electron chi connectivity index (χ0n) is 15.9. The molecule has 2 aromatic rings. The van der Waals surface area contributed by atoms with Gasteiger partial charge in [0.25, 0.3) is 5.91 Å². The molecular formula is C20H26N4O3. The van der Waals surface area contributed by atoms with Gasteiger partial charge in [0.2, 0.25) is 5.88 Å². The Morgan fingerprint density at radius 3 is 2.37 bits per heavy atom. The van der Waals surface area contributed by atoms with Gasteiger partial charge in [-0.1, -0.05) is 13.3 Å². The molecule has 0 N–H and O–H groups in total. The second kappa shape index (κ2) is 9.21. The quantitative estimate of drug-likeness (QED) is 0.698. The predicted molar refractivity (Wildman–Crippen MR) is 104 cm³/mol. The van der Waals surface area contributed by atoms with Crippen LogP contribution in [0.2, 0.25) is 0 Å². The van der Waals surface area contributed by atoms with E-state index in [0.717, 1.165) is 37.5 Å². The van der Waals surface area contributed by atoms with Crippen LogP contribution >= 0.6 is 0 Å². The lowest BCUT2D eigenvalue weighted by Gasteiger charge is -2.35. The van der Waals surface area contributed by atoms with Gasteiger partial charge >= 0.3 is 0 Å². The first-order valence-corrected chi connectivity index (χ1v) is 9.36. The fourth-order valence-electron chi connectivity index (χ4n) is 2.94. The number of unbranched alkanes of at least 4 members (excludes halogenated alkanes) is 1. The Morgan fingerprint density at radius 1 is 1.04 bits per heavy atom. The molecule has 1 aliphatic heterocycles. The second-order valence-electron chi connectivity index (χ2n) is 6.44. The molecule has 0 aliphatic carbocycles. The number of aromatic nitrogens is 2. The monoisotopic (exact) mass is 370 g/mol. The highest BCUT2D eigenvalue weighted by Crippen LogP contribution is 2.18. The highest BCUT2D eigenvalue weighted by Gasteiger charge is 2.23. The second-order valence-corrected chi connectivity index (χ2v) is 6.44. The third-order valence-electron chi connectivity index (χ3n) is 4.59. The molecule has 1 aromatic carbocycles. The van der Waals surface area contributed by atoms with Crippen LogP contribution in [0.1, 0.15) is 30.1 Å². The van der Waals surface area contributed by atoms with Gasteiger partial charge in [0, 0.05) is 37.8 Å². The molecule has 0 saturated carbocycles. The van der Waals surface area contributed by atoms with Gasteiger partial charge in [-0.25, -0.2) is 0 Å². The van der Waals surface area contributed by atoms with E-state index in [2.05, 4.69) is 22.0 Å². The predicted octanol–water partition coefficient (Wildman–Crippen LogP) is 2.63. The molecule has 1 saturated heterocycles. The van der Waals surface area contributed by atoms with Crippen molar-refractivity contribution in [2.24, 2.45) is 0 Å². The molecule has 0 radical (unpaired) electrons. The number of nitrogens with zero attached hydrogens (tertiary/aromatic N) is 4. The van der Waals surface area contributed by atoms with Crippen molar-refractivity contribution in [2.45, 2.75) is 19.8 Å². The maximum absolute atomic E-state index is 12.7. The molecule has 0 atom stereocenters. The largest absolute Gasteiger partial charge is 0.494 e. The van der Waals surface area contributed by atoms with Gasteiger partial charge < -0.3 is 19.3 Å². The Hall–Kier alpha value is -2.83. The summed E-state index contributed by atoms with van der Waals surface area (Å²) in [5.41, 5.74) is 0.690. The van der Waals surface area contributed by atoms with Crippen LogP contribution in [0.5, 0.6) is 11.6 Å². The molecule has 1 amide bonds. The van der Waals surface area contributed by atoms with Gasteiger partial charge in [-0.15, -0.1) is 10.2 Å². The molecule has 1 aromatic heterocycles. The van der Waals surface area contributed by atoms with E-state index in [1.807, 2.05) is 35.2 Å². The number of methoxy groups -OCH3 is 1. The summed E-state index contributed by atoms with van der Waals surface area (Å²) in [5.74, 6) is 2.16.